The molecule has 0 nitrogen and oxygen atoms in total. The molecule has 0 N–H and O–H groups in total. The van der Waals surface area contributed by atoms with Crippen LogP contribution in [0, 0.1) is 0 Å². The van der Waals surface area contributed by atoms with E-state index in [-0.39, 0.29) is 0 Å². The fourth-order valence-electron chi connectivity index (χ4n) is 0.385. The van der Waals surface area contributed by atoms with E-state index in [1.165, 1.54) is 22.7 Å². The molecule has 0 saturated carbocycles. The molecule has 56 valence electrons. The van der Waals surface area contributed by atoms with E-state index in [2.05, 4.69) is 6.92 Å². The number of rotatable bonds is 1. The van der Waals surface area contributed by atoms with Gasteiger partial charge in [0.1, 0.15) is 0 Å². The number of hydrogen-bond donors (Lipinski definition) is 0. The van der Waals surface area contributed by atoms with Crippen LogP contribution < -0.4 is 0 Å². The third-order valence-electron chi connectivity index (χ3n) is 1.17. The quantitative estimate of drug-likeness (QED) is 0.539. The molecule has 0 unspecified atom stereocenters. The van der Waals surface area contributed by atoms with Crippen LogP contribution in [-0.2, 0) is 0 Å². The van der Waals surface area contributed by atoms with Gasteiger partial charge in [0.05, 0.1) is 0 Å². The third kappa shape index (κ3) is 7.44. The minimum Gasteiger partial charge on any atom is -0.0661 e. The van der Waals surface area contributed by atoms with Crippen molar-refractivity contribution in [2.24, 2.45) is 0 Å². The van der Waals surface area contributed by atoms with Crippen molar-refractivity contribution in [2.45, 2.75) is 19.4 Å². The Morgan fingerprint density at radius 2 is 1.10 bits per heavy atom. The first kappa shape index (κ1) is 9.44. The molecule has 0 fully saturated rings. The van der Waals surface area contributed by atoms with Gasteiger partial charge >= 0.3 is 0 Å². The highest BCUT2D eigenvalue weighted by molar-refractivity contribution is 6.08. The van der Waals surface area contributed by atoms with Gasteiger partial charge in [-0.05, 0) is 0 Å². The molecule has 0 spiro atoms. The molecule has 0 aromatic heterocycles. The zero-order chi connectivity index (χ0) is 7.66. The van der Waals surface area contributed by atoms with Crippen molar-refractivity contribution >= 4 is 10.2 Å². The fourth-order valence-corrected chi connectivity index (χ4v) is 0.385. The van der Waals surface area contributed by atoms with Crippen molar-refractivity contribution < 1.29 is 0 Å². The fraction of sp³-hybridized carbons (Fsp3) is 0.333. The van der Waals surface area contributed by atoms with Crippen LogP contribution in [-0.4, -0.2) is 10.2 Å². The van der Waals surface area contributed by atoms with Gasteiger partial charge in [-0.2, -0.15) is 0 Å². The Hall–Kier alpha value is -0.563. The minimum atomic E-state index is 1.38. The summed E-state index contributed by atoms with van der Waals surface area (Å²) >= 11 is 0. The molecule has 1 aromatic carbocycles. The van der Waals surface area contributed by atoms with Gasteiger partial charge in [-0.15, -0.1) is 0 Å². The van der Waals surface area contributed by atoms with Crippen molar-refractivity contribution in [3.63, 3.8) is 0 Å². The Labute approximate surface area is 66.7 Å². The first-order chi connectivity index (χ1) is 4.91. The molecule has 0 aliphatic heterocycles. The van der Waals surface area contributed by atoms with Gasteiger partial charge in [0.25, 0.3) is 0 Å². The number of hydrogen-bond acceptors (Lipinski definition) is 0. The monoisotopic (exact) mass is 152 g/mol. The average Bonchev–Trinajstić information content (AvgIpc) is 2.08. The summed E-state index contributed by atoms with van der Waals surface area (Å²) in [4.78, 5) is 0. The highest BCUT2D eigenvalue weighted by Crippen LogP contribution is 1.79. The van der Waals surface area contributed by atoms with Crippen LogP contribution in [0.2, 0.25) is 6.04 Å². The van der Waals surface area contributed by atoms with Crippen LogP contribution in [0.5, 0.6) is 0 Å². The summed E-state index contributed by atoms with van der Waals surface area (Å²) in [5.74, 6) is 0. The minimum absolute atomic E-state index is 1.38. The van der Waals surface area contributed by atoms with Gasteiger partial charge in [-0.3, -0.25) is 0 Å². The second kappa shape index (κ2) is 8.44. The van der Waals surface area contributed by atoms with Crippen molar-refractivity contribution in [2.75, 3.05) is 0 Å². The smallest absolute Gasteiger partial charge is 0.00278 e. The van der Waals surface area contributed by atoms with E-state index >= 15 is 0 Å². The third-order valence-corrected chi connectivity index (χ3v) is 2.17. The van der Waals surface area contributed by atoms with Gasteiger partial charge in [-0.1, -0.05) is 55.8 Å². The molecule has 0 aliphatic rings. The molecule has 0 radical (unpaired) electrons. The maximum absolute atomic E-state index is 2.22. The van der Waals surface area contributed by atoms with E-state index in [9.17, 15) is 0 Å². The van der Waals surface area contributed by atoms with E-state index in [1.807, 2.05) is 36.4 Å². The zero-order valence-corrected chi connectivity index (χ0v) is 8.88. The van der Waals surface area contributed by atoms with E-state index in [1.54, 1.807) is 0 Å². The lowest BCUT2D eigenvalue weighted by atomic mass is 10.4. The summed E-state index contributed by atoms with van der Waals surface area (Å²) in [5.41, 5.74) is 0. The van der Waals surface area contributed by atoms with Crippen LogP contribution in [0.15, 0.2) is 36.4 Å². The maximum atomic E-state index is 2.22. The SMILES string of the molecule is CCC[SiH3].c1ccccc1. The standard InChI is InChI=1S/C6H6.C3H10Si/c1-2-4-6-5-3-1;1-2-3-4/h1-6H;2-3H2,1,4H3. The first-order valence-electron chi connectivity index (χ1n) is 3.91. The van der Waals surface area contributed by atoms with Crippen LogP contribution in [0.1, 0.15) is 13.3 Å². The summed E-state index contributed by atoms with van der Waals surface area (Å²) < 4.78 is 0. The predicted octanol–water partition coefficient (Wildman–Crippen LogP) is 1.87. The topological polar surface area (TPSA) is 0 Å². The molecule has 0 heterocycles. The van der Waals surface area contributed by atoms with Crippen LogP contribution >= 0.6 is 0 Å². The Balaban J connectivity index is 0.000000180. The van der Waals surface area contributed by atoms with Gasteiger partial charge in [-0.25, -0.2) is 0 Å². The first-order valence-corrected chi connectivity index (χ1v) is 5.33. The van der Waals surface area contributed by atoms with E-state index in [4.69, 9.17) is 0 Å². The highest BCUT2D eigenvalue weighted by Gasteiger charge is 1.58. The molecule has 0 saturated heterocycles. The lowest BCUT2D eigenvalue weighted by Gasteiger charge is -1.69. The normalized spacial score (nSPS) is 8.10. The van der Waals surface area contributed by atoms with E-state index < -0.39 is 0 Å². The molecule has 0 amide bonds. The zero-order valence-electron chi connectivity index (χ0n) is 6.88. The molecule has 0 bridgehead atoms. The molecule has 0 aliphatic carbocycles. The molecule has 1 rings (SSSR count). The van der Waals surface area contributed by atoms with Crippen molar-refractivity contribution in [1.29, 1.82) is 0 Å². The summed E-state index contributed by atoms with van der Waals surface area (Å²) in [6.45, 7) is 2.22. The summed E-state index contributed by atoms with van der Waals surface area (Å²) in [5, 5.41) is 0. The van der Waals surface area contributed by atoms with Gasteiger partial charge in [0.2, 0.25) is 0 Å². The van der Waals surface area contributed by atoms with Crippen LogP contribution in [0.3, 0.4) is 0 Å². The maximum Gasteiger partial charge on any atom is 0.00278 e. The number of benzene rings is 1. The summed E-state index contributed by atoms with van der Waals surface area (Å²) in [6, 6.07) is 13.5. The molecular formula is C9H16Si. The van der Waals surface area contributed by atoms with Gasteiger partial charge in [0.15, 0.2) is 0 Å². The van der Waals surface area contributed by atoms with Crippen LogP contribution in [0.25, 0.3) is 0 Å². The Bertz CT molecular complexity index is 96.7. The van der Waals surface area contributed by atoms with E-state index in [0.717, 1.165) is 0 Å². The average molecular weight is 152 g/mol. The van der Waals surface area contributed by atoms with Gasteiger partial charge in [0, 0.05) is 10.2 Å². The second-order valence-corrected chi connectivity index (χ2v) is 3.15. The Morgan fingerprint density at radius 3 is 1.20 bits per heavy atom. The molecule has 1 aromatic rings. The second-order valence-electron chi connectivity index (χ2n) is 2.15. The summed E-state index contributed by atoms with van der Waals surface area (Å²) in [6.07, 6.45) is 1.38. The lowest BCUT2D eigenvalue weighted by Crippen LogP contribution is -1.55. The molecular weight excluding hydrogens is 136 g/mol. The van der Waals surface area contributed by atoms with Crippen molar-refractivity contribution in [3.05, 3.63) is 36.4 Å². The van der Waals surface area contributed by atoms with E-state index in [0.29, 0.717) is 0 Å². The lowest BCUT2D eigenvalue weighted by molar-refractivity contribution is 1.08. The van der Waals surface area contributed by atoms with Crippen LogP contribution in [0.4, 0.5) is 0 Å². The molecule has 10 heavy (non-hydrogen) atoms. The Kier molecular flexibility index (Phi) is 7.96. The Morgan fingerprint density at radius 1 is 0.900 bits per heavy atom. The molecule has 1 heteroatoms. The highest BCUT2D eigenvalue weighted by atomic mass is 28.1. The molecule has 0 atom stereocenters. The van der Waals surface area contributed by atoms with Crippen molar-refractivity contribution in [1.82, 2.24) is 0 Å². The summed E-state index contributed by atoms with van der Waals surface area (Å²) in [7, 11) is 1.39. The van der Waals surface area contributed by atoms with Gasteiger partial charge < -0.3 is 0 Å². The largest absolute Gasteiger partial charge is 0.0661 e. The predicted molar refractivity (Wildman–Crippen MR) is 51.5 cm³/mol. The van der Waals surface area contributed by atoms with Crippen molar-refractivity contribution in [3.8, 4) is 0 Å².